The van der Waals surface area contributed by atoms with E-state index in [1.54, 1.807) is 23.1 Å². The molecular weight excluding hydrogens is 467 g/mol. The molecule has 2 aromatic rings. The molecule has 0 saturated carbocycles. The summed E-state index contributed by atoms with van der Waals surface area (Å²) in [7, 11) is -3.76. The molecule has 1 saturated heterocycles. The molecule has 32 heavy (non-hydrogen) atoms. The van der Waals surface area contributed by atoms with E-state index in [0.717, 1.165) is 22.7 Å². The second-order valence-corrected chi connectivity index (χ2v) is 9.87. The van der Waals surface area contributed by atoms with Crippen molar-refractivity contribution >= 4 is 38.9 Å². The minimum absolute atomic E-state index is 0.262. The van der Waals surface area contributed by atoms with Crippen LogP contribution < -0.4 is 9.21 Å². The lowest BCUT2D eigenvalue weighted by atomic mass is 10.1. The smallest absolute Gasteiger partial charge is 0.368 e. The number of rotatable bonds is 5. The zero-order chi connectivity index (χ0) is 23.7. The van der Waals surface area contributed by atoms with E-state index in [-0.39, 0.29) is 19.0 Å². The molecule has 0 radical (unpaired) electrons. The van der Waals surface area contributed by atoms with E-state index >= 15 is 0 Å². The molecule has 0 bridgehead atoms. The van der Waals surface area contributed by atoms with E-state index < -0.39 is 27.8 Å². The van der Waals surface area contributed by atoms with Gasteiger partial charge in [-0.25, -0.2) is 8.42 Å². The van der Waals surface area contributed by atoms with Crippen LogP contribution in [0.1, 0.15) is 12.5 Å². The SMILES string of the molecule is C[C@@H](C(=O)N1CCN(c2cccc(C(F)(F)F)c2)CC1)N(c1ccc(Cl)cc1)S(C)(=O)=O. The Morgan fingerprint density at radius 3 is 2.19 bits per heavy atom. The van der Waals surface area contributed by atoms with Crippen molar-refractivity contribution in [2.24, 2.45) is 0 Å². The molecule has 174 valence electrons. The zero-order valence-electron chi connectivity index (χ0n) is 17.5. The molecule has 1 amide bonds. The fraction of sp³-hybridized carbons (Fsp3) is 0.381. The van der Waals surface area contributed by atoms with E-state index in [4.69, 9.17) is 11.6 Å². The van der Waals surface area contributed by atoms with Crippen LogP contribution >= 0.6 is 11.6 Å². The minimum atomic E-state index is -4.43. The standard InChI is InChI=1S/C21H23ClF3N3O3S/c1-15(28(32(2,30)31)18-8-6-17(22)7-9-18)20(29)27-12-10-26(11-13-27)19-5-3-4-16(14-19)21(23,24)25/h3-9,14-15H,10-13H2,1-2H3/t15-/m0/s1. The highest BCUT2D eigenvalue weighted by Gasteiger charge is 2.34. The lowest BCUT2D eigenvalue weighted by Crippen LogP contribution is -2.55. The van der Waals surface area contributed by atoms with E-state index in [0.29, 0.717) is 29.5 Å². The molecule has 0 unspecified atom stereocenters. The van der Waals surface area contributed by atoms with Crippen molar-refractivity contribution in [1.29, 1.82) is 0 Å². The number of carbonyl (C=O) groups is 1. The summed E-state index contributed by atoms with van der Waals surface area (Å²) in [6, 6.07) is 10.2. The fourth-order valence-electron chi connectivity index (χ4n) is 3.72. The van der Waals surface area contributed by atoms with Crippen LogP contribution in [0.5, 0.6) is 0 Å². The average molecular weight is 490 g/mol. The number of nitrogens with zero attached hydrogens (tertiary/aromatic N) is 3. The van der Waals surface area contributed by atoms with Gasteiger partial charge in [-0.05, 0) is 49.4 Å². The third kappa shape index (κ3) is 5.47. The minimum Gasteiger partial charge on any atom is -0.368 e. The highest BCUT2D eigenvalue weighted by atomic mass is 35.5. The molecule has 0 N–H and O–H groups in total. The summed E-state index contributed by atoms with van der Waals surface area (Å²) in [6.45, 7) is 2.70. The van der Waals surface area contributed by atoms with Crippen LogP contribution in [-0.2, 0) is 21.0 Å². The van der Waals surface area contributed by atoms with Crippen LogP contribution in [-0.4, -0.2) is 57.7 Å². The molecular formula is C21H23ClF3N3O3S. The predicted octanol–water partition coefficient (Wildman–Crippen LogP) is 3.86. The molecule has 1 heterocycles. The number of benzene rings is 2. The quantitative estimate of drug-likeness (QED) is 0.640. The Bertz CT molecular complexity index is 1070. The number of halogens is 4. The van der Waals surface area contributed by atoms with Crippen LogP contribution in [0.25, 0.3) is 0 Å². The summed E-state index contributed by atoms with van der Waals surface area (Å²) < 4.78 is 64.9. The Kier molecular flexibility index (Phi) is 6.94. The summed E-state index contributed by atoms with van der Waals surface area (Å²) in [4.78, 5) is 16.4. The van der Waals surface area contributed by atoms with Crippen LogP contribution in [0, 0.1) is 0 Å². The average Bonchev–Trinajstić information content (AvgIpc) is 2.73. The zero-order valence-corrected chi connectivity index (χ0v) is 19.1. The first-order chi connectivity index (χ1) is 14.9. The highest BCUT2D eigenvalue weighted by molar-refractivity contribution is 7.92. The van der Waals surface area contributed by atoms with Crippen molar-refractivity contribution in [3.05, 3.63) is 59.1 Å². The van der Waals surface area contributed by atoms with Crippen molar-refractivity contribution in [1.82, 2.24) is 4.90 Å². The lowest BCUT2D eigenvalue weighted by Gasteiger charge is -2.39. The molecule has 1 atom stereocenters. The summed E-state index contributed by atoms with van der Waals surface area (Å²) in [5.74, 6) is -0.380. The van der Waals surface area contributed by atoms with E-state index in [9.17, 15) is 26.4 Å². The Labute approximate surface area is 190 Å². The van der Waals surface area contributed by atoms with Gasteiger partial charge in [-0.3, -0.25) is 9.10 Å². The van der Waals surface area contributed by atoms with Gasteiger partial charge < -0.3 is 9.80 Å². The summed E-state index contributed by atoms with van der Waals surface area (Å²) >= 11 is 5.88. The molecule has 3 rings (SSSR count). The molecule has 0 aromatic heterocycles. The summed E-state index contributed by atoms with van der Waals surface area (Å²) in [5.41, 5.74) is 0.0214. The molecule has 2 aromatic carbocycles. The Morgan fingerprint density at radius 1 is 1.06 bits per heavy atom. The second-order valence-electron chi connectivity index (χ2n) is 7.57. The van der Waals surface area contributed by atoms with Crippen molar-refractivity contribution in [3.8, 4) is 0 Å². The van der Waals surface area contributed by atoms with Crippen LogP contribution in [0.4, 0.5) is 24.5 Å². The van der Waals surface area contributed by atoms with Gasteiger partial charge >= 0.3 is 6.18 Å². The van der Waals surface area contributed by atoms with E-state index in [1.807, 2.05) is 0 Å². The Balaban J connectivity index is 1.72. The summed E-state index contributed by atoms with van der Waals surface area (Å²) in [5, 5.41) is 0.437. The first-order valence-corrected chi connectivity index (χ1v) is 12.1. The van der Waals surface area contributed by atoms with Gasteiger partial charge in [0.25, 0.3) is 0 Å². The monoisotopic (exact) mass is 489 g/mol. The van der Waals surface area contributed by atoms with Crippen molar-refractivity contribution in [2.45, 2.75) is 19.1 Å². The van der Waals surface area contributed by atoms with Gasteiger partial charge in [0.05, 0.1) is 17.5 Å². The molecule has 6 nitrogen and oxygen atoms in total. The largest absolute Gasteiger partial charge is 0.416 e. The van der Waals surface area contributed by atoms with Gasteiger partial charge in [0.15, 0.2) is 0 Å². The number of hydrogen-bond acceptors (Lipinski definition) is 4. The maximum Gasteiger partial charge on any atom is 0.416 e. The number of alkyl halides is 3. The van der Waals surface area contributed by atoms with Crippen molar-refractivity contribution < 1.29 is 26.4 Å². The Morgan fingerprint density at radius 2 is 1.66 bits per heavy atom. The summed E-state index contributed by atoms with van der Waals surface area (Å²) in [6.07, 6.45) is -3.41. The normalized spacial score (nSPS) is 16.1. The number of amides is 1. The third-order valence-electron chi connectivity index (χ3n) is 5.28. The lowest BCUT2D eigenvalue weighted by molar-refractivity contribution is -0.137. The number of piperazine rings is 1. The number of sulfonamides is 1. The first-order valence-electron chi connectivity index (χ1n) is 9.84. The van der Waals surface area contributed by atoms with Crippen LogP contribution in [0.2, 0.25) is 5.02 Å². The molecule has 1 aliphatic heterocycles. The van der Waals surface area contributed by atoms with Gasteiger partial charge in [-0.15, -0.1) is 0 Å². The van der Waals surface area contributed by atoms with E-state index in [1.165, 1.54) is 30.0 Å². The topological polar surface area (TPSA) is 60.9 Å². The maximum atomic E-state index is 13.1. The number of anilines is 2. The molecule has 11 heteroatoms. The van der Waals surface area contributed by atoms with Crippen LogP contribution in [0.15, 0.2) is 48.5 Å². The van der Waals surface area contributed by atoms with Gasteiger partial charge in [-0.1, -0.05) is 17.7 Å². The Hall–Kier alpha value is -2.46. The highest BCUT2D eigenvalue weighted by Crippen LogP contribution is 2.32. The fourth-order valence-corrected chi connectivity index (χ4v) is 5.01. The first kappa shape index (κ1) is 24.2. The second kappa shape index (κ2) is 9.19. The molecule has 0 spiro atoms. The van der Waals surface area contributed by atoms with Gasteiger partial charge in [0, 0.05) is 36.9 Å². The van der Waals surface area contributed by atoms with Gasteiger partial charge in [-0.2, -0.15) is 13.2 Å². The van der Waals surface area contributed by atoms with Crippen LogP contribution in [0.3, 0.4) is 0 Å². The van der Waals surface area contributed by atoms with Crippen molar-refractivity contribution in [2.75, 3.05) is 41.6 Å². The van der Waals surface area contributed by atoms with Gasteiger partial charge in [0.2, 0.25) is 15.9 Å². The maximum absolute atomic E-state index is 13.1. The van der Waals surface area contributed by atoms with Gasteiger partial charge in [0.1, 0.15) is 6.04 Å². The number of carbonyl (C=O) groups excluding carboxylic acids is 1. The predicted molar refractivity (Wildman–Crippen MR) is 118 cm³/mol. The molecule has 1 fully saturated rings. The number of hydrogen-bond donors (Lipinski definition) is 0. The molecule has 1 aliphatic rings. The van der Waals surface area contributed by atoms with Crippen molar-refractivity contribution in [3.63, 3.8) is 0 Å². The molecule has 0 aliphatic carbocycles. The third-order valence-corrected chi connectivity index (χ3v) is 6.77. The van der Waals surface area contributed by atoms with E-state index in [2.05, 4.69) is 0 Å².